The maximum atomic E-state index is 12.4. The van der Waals surface area contributed by atoms with Crippen molar-refractivity contribution in [1.82, 2.24) is 5.43 Å². The topological polar surface area (TPSA) is 99.4 Å². The first-order chi connectivity index (χ1) is 14.5. The van der Waals surface area contributed by atoms with Crippen LogP contribution in [0.2, 0.25) is 0 Å². The average Bonchev–Trinajstić information content (AvgIpc) is 3.16. The molecule has 0 spiro atoms. The molecule has 0 bridgehead atoms. The Labute approximate surface area is 180 Å². The maximum absolute atomic E-state index is 12.4. The number of amides is 1. The van der Waals surface area contributed by atoms with E-state index in [0.29, 0.717) is 29.3 Å². The SMILES string of the molecule is CCOc1ccc2oc(C(=O)N/N=C/c3cc(Br)ccc3OCC(=O)OC)cc2c1. The number of benzene rings is 2. The fourth-order valence-electron chi connectivity index (χ4n) is 2.55. The second kappa shape index (κ2) is 9.93. The van der Waals surface area contributed by atoms with Crippen molar-refractivity contribution in [1.29, 1.82) is 0 Å². The van der Waals surface area contributed by atoms with E-state index >= 15 is 0 Å². The summed E-state index contributed by atoms with van der Waals surface area (Å²) in [5.74, 6) is 0.213. The van der Waals surface area contributed by atoms with E-state index in [1.54, 1.807) is 42.5 Å². The maximum Gasteiger partial charge on any atom is 0.343 e. The fraction of sp³-hybridized carbons (Fsp3) is 0.190. The molecule has 156 valence electrons. The lowest BCUT2D eigenvalue weighted by molar-refractivity contribution is -0.142. The lowest BCUT2D eigenvalue weighted by Gasteiger charge is -2.08. The third-order valence-corrected chi connectivity index (χ3v) is 4.43. The molecule has 3 rings (SSSR count). The first kappa shape index (κ1) is 21.4. The molecular weight excluding hydrogens is 456 g/mol. The smallest absolute Gasteiger partial charge is 0.343 e. The van der Waals surface area contributed by atoms with Crippen LogP contribution in [0.25, 0.3) is 11.0 Å². The lowest BCUT2D eigenvalue weighted by atomic mass is 10.2. The number of methoxy groups -OCH3 is 1. The Morgan fingerprint density at radius 3 is 2.77 bits per heavy atom. The number of hydrogen-bond acceptors (Lipinski definition) is 7. The number of hydrogen-bond donors (Lipinski definition) is 1. The number of halogens is 1. The highest BCUT2D eigenvalue weighted by Gasteiger charge is 2.13. The van der Waals surface area contributed by atoms with E-state index < -0.39 is 11.9 Å². The molecule has 1 N–H and O–H groups in total. The minimum absolute atomic E-state index is 0.118. The van der Waals surface area contributed by atoms with Gasteiger partial charge in [0.05, 0.1) is 19.9 Å². The van der Waals surface area contributed by atoms with Crippen LogP contribution in [0.15, 0.2) is 56.5 Å². The average molecular weight is 475 g/mol. The van der Waals surface area contributed by atoms with Crippen LogP contribution >= 0.6 is 15.9 Å². The Morgan fingerprint density at radius 1 is 1.17 bits per heavy atom. The Balaban J connectivity index is 1.70. The van der Waals surface area contributed by atoms with Gasteiger partial charge in [-0.2, -0.15) is 5.10 Å². The van der Waals surface area contributed by atoms with E-state index in [2.05, 4.69) is 31.2 Å². The van der Waals surface area contributed by atoms with Crippen LogP contribution < -0.4 is 14.9 Å². The zero-order chi connectivity index (χ0) is 21.5. The Kier molecular flexibility index (Phi) is 7.08. The number of furan rings is 1. The molecule has 30 heavy (non-hydrogen) atoms. The van der Waals surface area contributed by atoms with Crippen molar-refractivity contribution in [2.45, 2.75) is 6.92 Å². The summed E-state index contributed by atoms with van der Waals surface area (Å²) in [7, 11) is 1.28. The quantitative estimate of drug-likeness (QED) is 0.301. The summed E-state index contributed by atoms with van der Waals surface area (Å²) in [5, 5.41) is 4.71. The van der Waals surface area contributed by atoms with Crippen LogP contribution in [0.1, 0.15) is 23.0 Å². The third kappa shape index (κ3) is 5.38. The largest absolute Gasteiger partial charge is 0.494 e. The van der Waals surface area contributed by atoms with Crippen LogP contribution in [-0.2, 0) is 9.53 Å². The van der Waals surface area contributed by atoms with Crippen molar-refractivity contribution in [2.24, 2.45) is 5.10 Å². The molecule has 1 aromatic heterocycles. The van der Waals surface area contributed by atoms with Crippen LogP contribution in [0.4, 0.5) is 0 Å². The highest BCUT2D eigenvalue weighted by atomic mass is 79.9. The van der Waals surface area contributed by atoms with Gasteiger partial charge in [0.1, 0.15) is 17.1 Å². The number of fused-ring (bicyclic) bond motifs is 1. The van der Waals surface area contributed by atoms with Gasteiger partial charge in [-0.3, -0.25) is 4.79 Å². The van der Waals surface area contributed by atoms with Crippen molar-refractivity contribution >= 4 is 45.0 Å². The Morgan fingerprint density at radius 2 is 2.00 bits per heavy atom. The molecule has 0 saturated heterocycles. The van der Waals surface area contributed by atoms with Crippen LogP contribution in [0.3, 0.4) is 0 Å². The number of nitrogens with one attached hydrogen (secondary N) is 1. The number of rotatable bonds is 8. The zero-order valence-electron chi connectivity index (χ0n) is 16.3. The van der Waals surface area contributed by atoms with E-state index in [9.17, 15) is 9.59 Å². The molecule has 0 aliphatic rings. The molecule has 3 aromatic rings. The summed E-state index contributed by atoms with van der Waals surface area (Å²) in [5.41, 5.74) is 3.54. The lowest BCUT2D eigenvalue weighted by Crippen LogP contribution is -2.17. The molecule has 0 fully saturated rings. The van der Waals surface area contributed by atoms with Gasteiger partial charge in [0.15, 0.2) is 12.4 Å². The molecule has 1 amide bonds. The molecule has 0 aliphatic carbocycles. The predicted octanol–water partition coefficient (Wildman–Crippen LogP) is 3.91. The molecule has 2 aromatic carbocycles. The van der Waals surface area contributed by atoms with Gasteiger partial charge in [0.25, 0.3) is 0 Å². The van der Waals surface area contributed by atoms with E-state index in [4.69, 9.17) is 13.9 Å². The number of esters is 1. The minimum atomic E-state index is -0.508. The summed E-state index contributed by atoms with van der Waals surface area (Å²) in [6.07, 6.45) is 1.41. The molecule has 0 radical (unpaired) electrons. The van der Waals surface area contributed by atoms with Gasteiger partial charge in [-0.25, -0.2) is 10.2 Å². The zero-order valence-corrected chi connectivity index (χ0v) is 17.9. The first-order valence-corrected chi connectivity index (χ1v) is 9.78. The highest BCUT2D eigenvalue weighted by Crippen LogP contribution is 2.25. The number of nitrogens with zero attached hydrogens (tertiary/aromatic N) is 1. The summed E-state index contributed by atoms with van der Waals surface area (Å²) >= 11 is 3.36. The van der Waals surface area contributed by atoms with Crippen LogP contribution in [0.5, 0.6) is 11.5 Å². The van der Waals surface area contributed by atoms with Crippen molar-refractivity contribution in [3.8, 4) is 11.5 Å². The standard InChI is InChI=1S/C21H19BrN2O6/c1-3-28-16-5-7-18-13(9-16)10-19(30-18)21(26)24-23-11-14-8-15(22)4-6-17(14)29-12-20(25)27-2/h4-11H,3,12H2,1-2H3,(H,24,26)/b23-11+. The van der Waals surface area contributed by atoms with E-state index in [-0.39, 0.29) is 12.4 Å². The summed E-state index contributed by atoms with van der Waals surface area (Å²) in [6, 6.07) is 12.1. The van der Waals surface area contributed by atoms with Gasteiger partial charge in [0.2, 0.25) is 0 Å². The minimum Gasteiger partial charge on any atom is -0.494 e. The molecule has 0 unspecified atom stereocenters. The second-order valence-electron chi connectivity index (χ2n) is 5.99. The van der Waals surface area contributed by atoms with Crippen molar-refractivity contribution in [3.05, 3.63) is 58.3 Å². The summed E-state index contributed by atoms with van der Waals surface area (Å²) in [4.78, 5) is 23.7. The van der Waals surface area contributed by atoms with Gasteiger partial charge >= 0.3 is 11.9 Å². The molecule has 9 heteroatoms. The van der Waals surface area contributed by atoms with Crippen molar-refractivity contribution in [3.63, 3.8) is 0 Å². The van der Waals surface area contributed by atoms with E-state index in [0.717, 1.165) is 9.86 Å². The van der Waals surface area contributed by atoms with Gasteiger partial charge < -0.3 is 18.6 Å². The second-order valence-corrected chi connectivity index (χ2v) is 6.91. The number of carbonyl (C=O) groups is 2. The Bertz CT molecular complexity index is 1090. The van der Waals surface area contributed by atoms with Crippen molar-refractivity contribution in [2.75, 3.05) is 20.3 Å². The van der Waals surface area contributed by atoms with E-state index in [1.165, 1.54) is 13.3 Å². The molecule has 0 saturated carbocycles. The number of ether oxygens (including phenoxy) is 3. The van der Waals surface area contributed by atoms with E-state index in [1.807, 2.05) is 6.92 Å². The summed E-state index contributed by atoms with van der Waals surface area (Å²) in [6.45, 7) is 2.20. The number of carbonyl (C=O) groups excluding carboxylic acids is 2. The Hall–Kier alpha value is -3.33. The van der Waals surface area contributed by atoms with Gasteiger partial charge in [-0.15, -0.1) is 0 Å². The molecular formula is C21H19BrN2O6. The predicted molar refractivity (Wildman–Crippen MR) is 114 cm³/mol. The first-order valence-electron chi connectivity index (χ1n) is 8.99. The summed E-state index contributed by atoms with van der Waals surface area (Å²) < 4.78 is 21.8. The fourth-order valence-corrected chi connectivity index (χ4v) is 2.93. The highest BCUT2D eigenvalue weighted by molar-refractivity contribution is 9.10. The molecule has 0 atom stereocenters. The van der Waals surface area contributed by atoms with Gasteiger partial charge in [0, 0.05) is 15.4 Å². The third-order valence-electron chi connectivity index (χ3n) is 3.94. The molecule has 1 heterocycles. The van der Waals surface area contributed by atoms with Crippen molar-refractivity contribution < 1.29 is 28.2 Å². The van der Waals surface area contributed by atoms with Gasteiger partial charge in [-0.05, 0) is 49.4 Å². The van der Waals surface area contributed by atoms with Gasteiger partial charge in [-0.1, -0.05) is 15.9 Å². The monoisotopic (exact) mass is 474 g/mol. The van der Waals surface area contributed by atoms with Crippen LogP contribution in [0, 0.1) is 0 Å². The van der Waals surface area contributed by atoms with Crippen LogP contribution in [-0.4, -0.2) is 38.4 Å². The normalized spacial score (nSPS) is 10.9. The number of hydrazone groups is 1. The molecule has 8 nitrogen and oxygen atoms in total. The molecule has 0 aliphatic heterocycles.